The van der Waals surface area contributed by atoms with Crippen molar-refractivity contribution in [1.82, 2.24) is 10.2 Å². The van der Waals surface area contributed by atoms with Crippen LogP contribution in [0.15, 0.2) is 35.3 Å². The van der Waals surface area contributed by atoms with Crippen LogP contribution >= 0.6 is 24.8 Å². The summed E-state index contributed by atoms with van der Waals surface area (Å²) >= 11 is 0. The van der Waals surface area contributed by atoms with Gasteiger partial charge in [0.2, 0.25) is 0 Å². The normalized spacial score (nSPS) is 25.2. The van der Waals surface area contributed by atoms with Gasteiger partial charge in [-0.3, -0.25) is 4.99 Å². The zero-order valence-corrected chi connectivity index (χ0v) is 22.4. The minimum atomic E-state index is 0. The molecule has 6 heteroatoms. The second-order valence-corrected chi connectivity index (χ2v) is 10.0. The molecule has 1 aromatic carbocycles. The maximum Gasteiger partial charge on any atom is 0.189 e. The summed E-state index contributed by atoms with van der Waals surface area (Å²) in [5, 5.41) is 3.39. The zero-order chi connectivity index (χ0) is 21.7. The van der Waals surface area contributed by atoms with Crippen molar-refractivity contribution in [2.24, 2.45) is 16.6 Å². The van der Waals surface area contributed by atoms with Crippen LogP contribution in [0.5, 0.6) is 0 Å². The number of hydrogen-bond acceptors (Lipinski definition) is 2. The van der Waals surface area contributed by atoms with Gasteiger partial charge in [-0.25, -0.2) is 0 Å². The number of piperidine rings is 3. The highest BCUT2D eigenvalue weighted by atomic mass is 35.5. The average Bonchev–Trinajstić information content (AvgIpc) is 2.83. The van der Waals surface area contributed by atoms with E-state index in [1.807, 2.05) is 18.2 Å². The fourth-order valence-corrected chi connectivity index (χ4v) is 5.30. The van der Waals surface area contributed by atoms with Gasteiger partial charge in [-0.2, -0.15) is 0 Å². The van der Waals surface area contributed by atoms with Crippen LogP contribution in [0.4, 0.5) is 0 Å². The van der Waals surface area contributed by atoms with E-state index in [9.17, 15) is 0 Å². The summed E-state index contributed by atoms with van der Waals surface area (Å²) in [6.07, 6.45) is 17.5. The first-order chi connectivity index (χ1) is 15.2. The van der Waals surface area contributed by atoms with Crippen LogP contribution in [0.1, 0.15) is 89.0 Å². The highest BCUT2D eigenvalue weighted by Crippen LogP contribution is 2.26. The number of rotatable bonds is 2. The molecule has 6 rings (SSSR count). The fraction of sp³-hybridized carbons (Fsp3) is 0.741. The third-order valence-electron chi connectivity index (χ3n) is 7.35. The van der Waals surface area contributed by atoms with E-state index in [0.29, 0.717) is 18.0 Å². The molecule has 3 N–H and O–H groups in total. The van der Waals surface area contributed by atoms with Gasteiger partial charge >= 0.3 is 0 Å². The zero-order valence-electron chi connectivity index (χ0n) is 20.7. The summed E-state index contributed by atoms with van der Waals surface area (Å²) in [7, 11) is 0. The van der Waals surface area contributed by atoms with E-state index in [4.69, 9.17) is 5.73 Å². The largest absolute Gasteiger partial charge is 0.370 e. The number of halogens is 2. The molecule has 3 heterocycles. The molecule has 3 aliphatic heterocycles. The summed E-state index contributed by atoms with van der Waals surface area (Å²) < 4.78 is 0. The van der Waals surface area contributed by atoms with Crippen molar-refractivity contribution in [3.8, 4) is 0 Å². The highest BCUT2D eigenvalue weighted by molar-refractivity contribution is 5.85. The molecule has 0 aromatic heterocycles. The van der Waals surface area contributed by atoms with Gasteiger partial charge in [-0.15, -0.1) is 24.8 Å². The molecule has 190 valence electrons. The van der Waals surface area contributed by atoms with Gasteiger partial charge in [0.05, 0.1) is 6.04 Å². The van der Waals surface area contributed by atoms with Crippen LogP contribution in [0, 0.1) is 12.8 Å². The third-order valence-corrected chi connectivity index (χ3v) is 7.35. The smallest absolute Gasteiger partial charge is 0.189 e. The Kier molecular flexibility index (Phi) is 15.9. The Morgan fingerprint density at radius 3 is 1.70 bits per heavy atom. The lowest BCUT2D eigenvalue weighted by Gasteiger charge is -2.38. The maximum absolute atomic E-state index is 5.97. The molecule has 5 fully saturated rings. The van der Waals surface area contributed by atoms with Crippen LogP contribution in [0.25, 0.3) is 0 Å². The van der Waals surface area contributed by atoms with E-state index in [2.05, 4.69) is 34.3 Å². The Labute approximate surface area is 215 Å². The molecule has 2 bridgehead atoms. The number of aliphatic imine (C=N–C) groups is 1. The first-order valence-corrected chi connectivity index (χ1v) is 13.0. The quantitative estimate of drug-likeness (QED) is 0.361. The number of nitrogens with zero attached hydrogens (tertiary/aromatic N) is 2. The highest BCUT2D eigenvalue weighted by Gasteiger charge is 2.24. The molecule has 5 aliphatic rings. The van der Waals surface area contributed by atoms with Gasteiger partial charge < -0.3 is 16.0 Å². The van der Waals surface area contributed by atoms with Crippen molar-refractivity contribution in [1.29, 1.82) is 0 Å². The molecule has 0 amide bonds. The summed E-state index contributed by atoms with van der Waals surface area (Å²) in [6.45, 7) is 6.26. The van der Waals surface area contributed by atoms with E-state index in [1.54, 1.807) is 0 Å². The predicted octanol–water partition coefficient (Wildman–Crippen LogP) is 6.50. The number of guanidine groups is 1. The number of nitrogens with two attached hydrogens (primary N) is 1. The second-order valence-electron chi connectivity index (χ2n) is 10.0. The lowest BCUT2D eigenvalue weighted by atomic mass is 9.89. The molecule has 0 radical (unpaired) electrons. The summed E-state index contributed by atoms with van der Waals surface area (Å²) in [4.78, 5) is 7.20. The first kappa shape index (κ1) is 30.1. The molecule has 3 saturated heterocycles. The summed E-state index contributed by atoms with van der Waals surface area (Å²) in [6, 6.07) is 11.3. The van der Waals surface area contributed by atoms with Crippen molar-refractivity contribution in [2.75, 3.05) is 19.6 Å². The average molecular weight is 500 g/mol. The van der Waals surface area contributed by atoms with E-state index in [-0.39, 0.29) is 24.8 Å². The standard InChI is InChI=1S/C13H25N3.C7H13N.C7H8.2ClH/c14-13(15-11-7-3-1-4-8-11)16-12-9-5-2-6-10-12;1-4-8-5-2-7(1)3-6-8;1-7-5-3-2-4-6-7;;/h11-12H,1-10H2,(H3,14,15,16);7H,1-6H2;2-6H,1H3;2*1H. The van der Waals surface area contributed by atoms with Crippen molar-refractivity contribution in [3.63, 3.8) is 0 Å². The molecular weight excluding hydrogens is 451 g/mol. The number of nitrogens with one attached hydrogen (secondary N) is 1. The monoisotopic (exact) mass is 498 g/mol. The van der Waals surface area contributed by atoms with Gasteiger partial charge in [0.1, 0.15) is 0 Å². The van der Waals surface area contributed by atoms with Crippen LogP contribution < -0.4 is 11.1 Å². The van der Waals surface area contributed by atoms with Gasteiger partial charge in [0, 0.05) is 6.04 Å². The predicted molar refractivity (Wildman–Crippen MR) is 148 cm³/mol. The number of fused-ring (bicyclic) bond motifs is 3. The minimum Gasteiger partial charge on any atom is -0.370 e. The van der Waals surface area contributed by atoms with Crippen molar-refractivity contribution < 1.29 is 0 Å². The maximum atomic E-state index is 5.97. The number of aryl methyl sites for hydroxylation is 1. The van der Waals surface area contributed by atoms with Crippen LogP contribution in [0.2, 0.25) is 0 Å². The van der Waals surface area contributed by atoms with E-state index in [1.165, 1.54) is 109 Å². The van der Waals surface area contributed by atoms with Crippen LogP contribution in [-0.2, 0) is 0 Å². The van der Waals surface area contributed by atoms with E-state index in [0.717, 1.165) is 5.92 Å². The molecule has 0 unspecified atom stereocenters. The van der Waals surface area contributed by atoms with Crippen LogP contribution in [-0.4, -0.2) is 42.6 Å². The van der Waals surface area contributed by atoms with E-state index >= 15 is 0 Å². The van der Waals surface area contributed by atoms with Crippen molar-refractivity contribution in [2.45, 2.75) is 102 Å². The Bertz CT molecular complexity index is 597. The lowest BCUT2D eigenvalue weighted by Crippen LogP contribution is -2.41. The molecule has 1 aromatic rings. The number of hydrogen-bond donors (Lipinski definition) is 2. The molecule has 0 spiro atoms. The van der Waals surface area contributed by atoms with Gasteiger partial charge in [0.25, 0.3) is 0 Å². The van der Waals surface area contributed by atoms with Crippen molar-refractivity contribution >= 4 is 30.8 Å². The van der Waals surface area contributed by atoms with Crippen molar-refractivity contribution in [3.05, 3.63) is 35.9 Å². The Morgan fingerprint density at radius 2 is 1.30 bits per heavy atom. The molecule has 0 atom stereocenters. The molecule has 4 nitrogen and oxygen atoms in total. The van der Waals surface area contributed by atoms with Gasteiger partial charge in [0.15, 0.2) is 5.96 Å². The molecular formula is C27H48Cl2N4. The van der Waals surface area contributed by atoms with Gasteiger partial charge in [-0.05, 0) is 77.4 Å². The second kappa shape index (κ2) is 17.5. The summed E-state index contributed by atoms with van der Waals surface area (Å²) in [5.41, 5.74) is 7.30. The Morgan fingerprint density at radius 1 is 0.788 bits per heavy atom. The van der Waals surface area contributed by atoms with E-state index < -0.39 is 0 Å². The summed E-state index contributed by atoms with van der Waals surface area (Å²) in [5.74, 6) is 1.80. The first-order valence-electron chi connectivity index (χ1n) is 13.0. The lowest BCUT2D eigenvalue weighted by molar-refractivity contribution is 0.111. The van der Waals surface area contributed by atoms with Gasteiger partial charge in [-0.1, -0.05) is 74.4 Å². The molecule has 2 aliphatic carbocycles. The Hall–Kier alpha value is -0.970. The SMILES string of the molecule is C1CN2CCC1CC2.Cc1ccccc1.Cl.Cl.NC(=NC1CCCCC1)NC1CCCCC1. The molecule has 2 saturated carbocycles. The molecule has 33 heavy (non-hydrogen) atoms. The topological polar surface area (TPSA) is 53.6 Å². The van der Waals surface area contributed by atoms with Crippen LogP contribution in [0.3, 0.4) is 0 Å². The fourth-order valence-electron chi connectivity index (χ4n) is 5.30. The minimum absolute atomic E-state index is 0. The Balaban J connectivity index is 0.000000269. The number of benzene rings is 1. The third kappa shape index (κ3) is 12.3.